The quantitative estimate of drug-likeness (QED) is 0.321. The number of hydrogen-bond acceptors (Lipinski definition) is 2. The van der Waals surface area contributed by atoms with Crippen LogP contribution in [-0.4, -0.2) is 28.1 Å². The van der Waals surface area contributed by atoms with Gasteiger partial charge in [0, 0.05) is 0 Å². The first-order valence-electron chi connectivity index (χ1n) is 1.73. The molecule has 0 aliphatic rings. The van der Waals surface area contributed by atoms with Crippen molar-refractivity contribution in [3.8, 4) is 0 Å². The van der Waals surface area contributed by atoms with Crippen molar-refractivity contribution in [2.75, 3.05) is 0 Å². The SMILES string of the molecule is O=C(O)C(F)(F)C(=O)O.[H-].[Li+]. The predicted molar refractivity (Wildman–Crippen MR) is 21.3 cm³/mol. The maximum absolute atomic E-state index is 11.5. The van der Waals surface area contributed by atoms with Crippen molar-refractivity contribution < 1.29 is 48.9 Å². The molecule has 0 unspecified atom stereocenters. The number of carboxylic acids is 2. The Morgan fingerprint density at radius 1 is 1.20 bits per heavy atom. The summed E-state index contributed by atoms with van der Waals surface area (Å²) in [5.41, 5.74) is 0. The van der Waals surface area contributed by atoms with Crippen LogP contribution in [0.5, 0.6) is 0 Å². The molecule has 0 aromatic rings. The van der Waals surface area contributed by atoms with Crippen molar-refractivity contribution >= 4 is 11.9 Å². The Kier molecular flexibility index (Phi) is 4.28. The van der Waals surface area contributed by atoms with E-state index in [9.17, 15) is 18.4 Å². The summed E-state index contributed by atoms with van der Waals surface area (Å²) in [5.74, 6) is -9.98. The number of alkyl halides is 2. The van der Waals surface area contributed by atoms with E-state index in [1.807, 2.05) is 0 Å². The summed E-state index contributed by atoms with van der Waals surface area (Å²) in [4.78, 5) is 18.7. The number of carboxylic acid groups (broad SMARTS) is 2. The fourth-order valence-electron chi connectivity index (χ4n) is 0.0915. The van der Waals surface area contributed by atoms with Crippen molar-refractivity contribution in [3.05, 3.63) is 0 Å². The first-order chi connectivity index (χ1) is 3.89. The molecule has 10 heavy (non-hydrogen) atoms. The minimum atomic E-state index is -4.67. The smallest absolute Gasteiger partial charge is 1.00 e. The first kappa shape index (κ1) is 12.1. The van der Waals surface area contributed by atoms with Crippen molar-refractivity contribution in [1.29, 1.82) is 0 Å². The Labute approximate surface area is 67.5 Å². The van der Waals surface area contributed by atoms with Crippen LogP contribution in [0.3, 0.4) is 0 Å². The minimum absolute atomic E-state index is 0. The molecule has 0 saturated heterocycles. The summed E-state index contributed by atoms with van der Waals surface area (Å²) < 4.78 is 22.9. The van der Waals surface area contributed by atoms with Crippen LogP contribution in [0, 0.1) is 0 Å². The molecule has 0 bridgehead atoms. The number of aliphatic carboxylic acids is 2. The summed E-state index contributed by atoms with van der Waals surface area (Å²) in [7, 11) is 0. The molecule has 0 amide bonds. The van der Waals surface area contributed by atoms with Gasteiger partial charge in [-0.3, -0.25) is 0 Å². The van der Waals surface area contributed by atoms with E-state index in [4.69, 9.17) is 10.2 Å². The molecule has 7 heteroatoms. The van der Waals surface area contributed by atoms with Gasteiger partial charge in [-0.05, 0) is 0 Å². The van der Waals surface area contributed by atoms with Crippen LogP contribution in [0.15, 0.2) is 0 Å². The predicted octanol–water partition coefficient (Wildman–Crippen LogP) is -3.09. The Hall–Kier alpha value is -0.603. The van der Waals surface area contributed by atoms with E-state index in [0.717, 1.165) is 0 Å². The van der Waals surface area contributed by atoms with E-state index < -0.39 is 17.9 Å². The van der Waals surface area contributed by atoms with Gasteiger partial charge < -0.3 is 11.6 Å². The third-order valence-electron chi connectivity index (χ3n) is 0.537. The van der Waals surface area contributed by atoms with Crippen LogP contribution in [0.2, 0.25) is 0 Å². The van der Waals surface area contributed by atoms with Crippen LogP contribution in [0.1, 0.15) is 1.43 Å². The largest absolute Gasteiger partial charge is 1.00 e. The second kappa shape index (κ2) is 3.54. The second-order valence-corrected chi connectivity index (χ2v) is 1.18. The summed E-state index contributed by atoms with van der Waals surface area (Å²) in [5, 5.41) is 15.0. The minimum Gasteiger partial charge on any atom is -1.00 e. The maximum atomic E-state index is 11.5. The number of rotatable bonds is 2. The van der Waals surface area contributed by atoms with Crippen molar-refractivity contribution in [1.82, 2.24) is 0 Å². The molecule has 0 aliphatic carbocycles. The monoisotopic (exact) mass is 148 g/mol. The average molecular weight is 148 g/mol. The molecule has 2 N–H and O–H groups in total. The van der Waals surface area contributed by atoms with Crippen LogP contribution in [0.4, 0.5) is 8.78 Å². The number of carbonyl (C=O) groups is 2. The van der Waals surface area contributed by atoms with Gasteiger partial charge in [0.15, 0.2) is 0 Å². The van der Waals surface area contributed by atoms with E-state index >= 15 is 0 Å². The van der Waals surface area contributed by atoms with Crippen molar-refractivity contribution in [2.24, 2.45) is 0 Å². The van der Waals surface area contributed by atoms with Gasteiger partial charge in [0.2, 0.25) is 0 Å². The van der Waals surface area contributed by atoms with Gasteiger partial charge in [0.25, 0.3) is 0 Å². The Bertz CT molecular complexity index is 145. The Morgan fingerprint density at radius 2 is 1.40 bits per heavy atom. The molecule has 0 aliphatic heterocycles. The Balaban J connectivity index is -0.000000320. The standard InChI is InChI=1S/C3H2F2O4.Li.H/c4-3(5,1(6)7)2(8)9;;/h(H,6,7)(H,8,9);;/q;+1;-1. The molecule has 0 aromatic carbocycles. The van der Waals surface area contributed by atoms with Gasteiger partial charge in [-0.1, -0.05) is 0 Å². The molecule has 0 spiro atoms. The maximum Gasteiger partial charge on any atom is 1.00 e. The Morgan fingerprint density at radius 3 is 1.40 bits per heavy atom. The molecular formula is C3H3F2LiO4. The van der Waals surface area contributed by atoms with E-state index in [2.05, 4.69) is 0 Å². The van der Waals surface area contributed by atoms with Crippen molar-refractivity contribution in [2.45, 2.75) is 5.92 Å². The fraction of sp³-hybridized carbons (Fsp3) is 0.333. The van der Waals surface area contributed by atoms with E-state index in [1.165, 1.54) is 0 Å². The van der Waals surface area contributed by atoms with E-state index in [-0.39, 0.29) is 20.3 Å². The van der Waals surface area contributed by atoms with Gasteiger partial charge in [-0.2, -0.15) is 8.78 Å². The molecule has 0 atom stereocenters. The molecule has 0 rings (SSSR count). The van der Waals surface area contributed by atoms with Crippen molar-refractivity contribution in [3.63, 3.8) is 0 Å². The third kappa shape index (κ3) is 2.33. The molecule has 0 radical (unpaired) electrons. The van der Waals surface area contributed by atoms with Gasteiger partial charge in [0.05, 0.1) is 0 Å². The molecule has 0 fully saturated rings. The summed E-state index contributed by atoms with van der Waals surface area (Å²) in [6.45, 7) is 0. The van der Waals surface area contributed by atoms with E-state index in [1.54, 1.807) is 0 Å². The molecule has 4 nitrogen and oxygen atoms in total. The fourth-order valence-corrected chi connectivity index (χ4v) is 0.0915. The third-order valence-corrected chi connectivity index (χ3v) is 0.537. The summed E-state index contributed by atoms with van der Waals surface area (Å²) in [6.07, 6.45) is 0. The molecule has 0 saturated carbocycles. The van der Waals surface area contributed by atoms with Crippen LogP contribution >= 0.6 is 0 Å². The van der Waals surface area contributed by atoms with Crippen LogP contribution in [-0.2, 0) is 9.59 Å². The zero-order valence-electron chi connectivity index (χ0n) is 5.97. The van der Waals surface area contributed by atoms with E-state index in [0.29, 0.717) is 0 Å². The van der Waals surface area contributed by atoms with Gasteiger partial charge >= 0.3 is 36.7 Å². The second-order valence-electron chi connectivity index (χ2n) is 1.18. The molecule has 54 valence electrons. The van der Waals surface area contributed by atoms with Gasteiger partial charge in [0.1, 0.15) is 0 Å². The molecular weight excluding hydrogens is 145 g/mol. The van der Waals surface area contributed by atoms with Crippen LogP contribution in [0.25, 0.3) is 0 Å². The molecule has 0 heterocycles. The van der Waals surface area contributed by atoms with Crippen LogP contribution < -0.4 is 18.9 Å². The number of hydrogen-bond donors (Lipinski definition) is 2. The molecule has 0 aromatic heterocycles. The van der Waals surface area contributed by atoms with Gasteiger partial charge in [-0.15, -0.1) is 0 Å². The topological polar surface area (TPSA) is 74.6 Å². The summed E-state index contributed by atoms with van der Waals surface area (Å²) >= 11 is 0. The normalized spacial score (nSPS) is 9.80. The average Bonchev–Trinajstić information content (AvgIpc) is 1.65. The number of halogens is 2. The zero-order chi connectivity index (χ0) is 7.65. The zero-order valence-corrected chi connectivity index (χ0v) is 4.97. The first-order valence-corrected chi connectivity index (χ1v) is 1.73. The van der Waals surface area contributed by atoms with Gasteiger partial charge in [-0.25, -0.2) is 9.59 Å². The summed E-state index contributed by atoms with van der Waals surface area (Å²) in [6, 6.07) is 0.